The van der Waals surface area contributed by atoms with Crippen molar-refractivity contribution >= 4 is 16.7 Å². The average molecular weight is 409 g/mol. The van der Waals surface area contributed by atoms with Gasteiger partial charge in [0.25, 0.3) is 0 Å². The number of ketones is 1. The smallest absolute Gasteiger partial charge is 0.161 e. The predicted octanol–water partition coefficient (Wildman–Crippen LogP) is 5.22. The van der Waals surface area contributed by atoms with E-state index in [-0.39, 0.29) is 17.7 Å². The number of aryl methyl sites for hydroxylation is 2. The lowest BCUT2D eigenvalue weighted by molar-refractivity contribution is 0.0992. The standard InChI is InChI=1S/C25H29FN2O2/c1-18-5-3-6-23-24(19(2)29)17-28(25(18)23)14-4-13-27-15-11-22(12-16-27)30-21-9-7-20(26)8-10-21/h3,5-10,17,22H,4,11-16H2,1-2H3. The van der Waals surface area contributed by atoms with E-state index in [0.717, 1.165) is 62.1 Å². The number of carbonyl (C=O) groups excluding carboxylic acids is 1. The first-order valence-corrected chi connectivity index (χ1v) is 10.8. The Bertz CT molecular complexity index is 1020. The average Bonchev–Trinajstić information content (AvgIpc) is 3.11. The summed E-state index contributed by atoms with van der Waals surface area (Å²) < 4.78 is 21.3. The van der Waals surface area contributed by atoms with Gasteiger partial charge in [-0.15, -0.1) is 0 Å². The van der Waals surface area contributed by atoms with Crippen LogP contribution in [-0.2, 0) is 6.54 Å². The highest BCUT2D eigenvalue weighted by molar-refractivity contribution is 6.07. The minimum atomic E-state index is -0.238. The van der Waals surface area contributed by atoms with Gasteiger partial charge in [0, 0.05) is 36.8 Å². The second kappa shape index (κ2) is 9.00. The number of hydrogen-bond acceptors (Lipinski definition) is 3. The highest BCUT2D eigenvalue weighted by Gasteiger charge is 2.20. The third kappa shape index (κ3) is 4.57. The largest absolute Gasteiger partial charge is 0.490 e. The van der Waals surface area contributed by atoms with Crippen molar-refractivity contribution in [2.24, 2.45) is 0 Å². The van der Waals surface area contributed by atoms with Gasteiger partial charge in [-0.3, -0.25) is 4.79 Å². The molecule has 0 N–H and O–H groups in total. The summed E-state index contributed by atoms with van der Waals surface area (Å²) in [4.78, 5) is 14.5. The molecule has 30 heavy (non-hydrogen) atoms. The molecular formula is C25H29FN2O2. The van der Waals surface area contributed by atoms with Crippen molar-refractivity contribution in [2.75, 3.05) is 19.6 Å². The molecule has 0 aliphatic carbocycles. The van der Waals surface area contributed by atoms with Crippen molar-refractivity contribution in [3.8, 4) is 5.75 Å². The van der Waals surface area contributed by atoms with Gasteiger partial charge in [0.15, 0.2) is 5.78 Å². The van der Waals surface area contributed by atoms with Crippen LogP contribution in [0, 0.1) is 12.7 Å². The normalized spacial score (nSPS) is 15.6. The summed E-state index contributed by atoms with van der Waals surface area (Å²) in [5.41, 5.74) is 3.19. The quantitative estimate of drug-likeness (QED) is 0.503. The number of fused-ring (bicyclic) bond motifs is 1. The highest BCUT2D eigenvalue weighted by atomic mass is 19.1. The lowest BCUT2D eigenvalue weighted by Gasteiger charge is -2.32. The number of para-hydroxylation sites is 1. The number of ether oxygens (including phenoxy) is 1. The van der Waals surface area contributed by atoms with Crippen LogP contribution in [0.1, 0.15) is 42.1 Å². The zero-order valence-corrected chi connectivity index (χ0v) is 17.7. The second-order valence-electron chi connectivity index (χ2n) is 8.23. The summed E-state index contributed by atoms with van der Waals surface area (Å²) in [5, 5.41) is 1.06. The molecule has 4 nitrogen and oxygen atoms in total. The van der Waals surface area contributed by atoms with Crippen molar-refractivity contribution in [1.82, 2.24) is 9.47 Å². The van der Waals surface area contributed by atoms with Gasteiger partial charge in [-0.2, -0.15) is 0 Å². The Balaban J connectivity index is 1.29. The van der Waals surface area contributed by atoms with Gasteiger partial charge in [-0.25, -0.2) is 4.39 Å². The summed E-state index contributed by atoms with van der Waals surface area (Å²) in [6.45, 7) is 7.70. The number of likely N-dealkylation sites (tertiary alicyclic amines) is 1. The maximum atomic E-state index is 13.0. The molecule has 2 heterocycles. The molecule has 1 fully saturated rings. The molecule has 2 aromatic carbocycles. The van der Waals surface area contributed by atoms with E-state index in [1.807, 2.05) is 18.3 Å². The minimum absolute atomic E-state index is 0.118. The molecule has 0 atom stereocenters. The number of piperidine rings is 1. The number of carbonyl (C=O) groups is 1. The van der Waals surface area contributed by atoms with Gasteiger partial charge in [0.05, 0.1) is 5.52 Å². The predicted molar refractivity (Wildman–Crippen MR) is 118 cm³/mol. The Morgan fingerprint density at radius 3 is 2.53 bits per heavy atom. The SMILES string of the molecule is CC(=O)c1cn(CCCN2CCC(Oc3ccc(F)cc3)CC2)c2c(C)cccc12. The first-order chi connectivity index (χ1) is 14.5. The molecule has 0 bridgehead atoms. The summed E-state index contributed by atoms with van der Waals surface area (Å²) >= 11 is 0. The molecule has 158 valence electrons. The number of rotatable bonds is 7. The van der Waals surface area contributed by atoms with Gasteiger partial charge in [0.1, 0.15) is 17.7 Å². The van der Waals surface area contributed by atoms with Crippen molar-refractivity contribution in [2.45, 2.75) is 45.8 Å². The highest BCUT2D eigenvalue weighted by Crippen LogP contribution is 2.25. The number of aromatic nitrogens is 1. The van der Waals surface area contributed by atoms with Crippen molar-refractivity contribution < 1.29 is 13.9 Å². The maximum absolute atomic E-state index is 13.0. The summed E-state index contributed by atoms with van der Waals surface area (Å²) in [6.07, 6.45) is 5.22. The van der Waals surface area contributed by atoms with Gasteiger partial charge in [0.2, 0.25) is 0 Å². The molecular weight excluding hydrogens is 379 g/mol. The Morgan fingerprint density at radius 1 is 1.10 bits per heavy atom. The fourth-order valence-electron chi connectivity index (χ4n) is 4.43. The van der Waals surface area contributed by atoms with Crippen LogP contribution in [-0.4, -0.2) is 41.0 Å². The zero-order valence-electron chi connectivity index (χ0n) is 17.7. The third-order valence-corrected chi connectivity index (χ3v) is 6.00. The molecule has 1 saturated heterocycles. The molecule has 3 aromatic rings. The Hall–Kier alpha value is -2.66. The van der Waals surface area contributed by atoms with Gasteiger partial charge >= 0.3 is 0 Å². The molecule has 0 saturated carbocycles. The third-order valence-electron chi connectivity index (χ3n) is 6.00. The van der Waals surface area contributed by atoms with E-state index < -0.39 is 0 Å². The molecule has 0 spiro atoms. The minimum Gasteiger partial charge on any atom is -0.490 e. The molecule has 0 radical (unpaired) electrons. The Morgan fingerprint density at radius 2 is 1.83 bits per heavy atom. The molecule has 5 heteroatoms. The van der Waals surface area contributed by atoms with E-state index in [1.165, 1.54) is 23.2 Å². The first kappa shape index (κ1) is 20.6. The number of nitrogens with zero attached hydrogens (tertiary/aromatic N) is 2. The number of halogens is 1. The monoisotopic (exact) mass is 408 g/mol. The van der Waals surface area contributed by atoms with E-state index >= 15 is 0 Å². The lowest BCUT2D eigenvalue weighted by Crippen LogP contribution is -2.38. The fourth-order valence-corrected chi connectivity index (χ4v) is 4.43. The first-order valence-electron chi connectivity index (χ1n) is 10.8. The van der Waals surface area contributed by atoms with Gasteiger partial charge in [-0.1, -0.05) is 18.2 Å². The van der Waals surface area contributed by atoms with Crippen LogP contribution in [0.4, 0.5) is 4.39 Å². The summed E-state index contributed by atoms with van der Waals surface area (Å²) in [6, 6.07) is 12.4. The zero-order chi connectivity index (χ0) is 21.1. The van der Waals surface area contributed by atoms with E-state index in [2.05, 4.69) is 22.5 Å². The summed E-state index contributed by atoms with van der Waals surface area (Å²) in [7, 11) is 0. The molecule has 0 unspecified atom stereocenters. The summed E-state index contributed by atoms with van der Waals surface area (Å²) in [5.74, 6) is 0.622. The van der Waals surface area contributed by atoms with Crippen LogP contribution < -0.4 is 4.74 Å². The number of Topliss-reactive ketones (excluding diaryl/α,β-unsaturated/α-hetero) is 1. The van der Waals surface area contributed by atoms with Crippen LogP contribution in [0.15, 0.2) is 48.7 Å². The van der Waals surface area contributed by atoms with Crippen LogP contribution in [0.2, 0.25) is 0 Å². The fraction of sp³-hybridized carbons (Fsp3) is 0.400. The molecule has 0 amide bonds. The number of hydrogen-bond donors (Lipinski definition) is 0. The van der Waals surface area contributed by atoms with Crippen molar-refractivity contribution in [3.63, 3.8) is 0 Å². The second-order valence-corrected chi connectivity index (χ2v) is 8.23. The van der Waals surface area contributed by atoms with E-state index in [0.29, 0.717) is 0 Å². The number of benzene rings is 2. The molecule has 1 aromatic heterocycles. The van der Waals surface area contributed by atoms with Gasteiger partial charge < -0.3 is 14.2 Å². The van der Waals surface area contributed by atoms with E-state index in [1.54, 1.807) is 19.1 Å². The molecule has 1 aliphatic heterocycles. The van der Waals surface area contributed by atoms with Crippen molar-refractivity contribution in [3.05, 3.63) is 65.6 Å². The van der Waals surface area contributed by atoms with Crippen LogP contribution in [0.3, 0.4) is 0 Å². The maximum Gasteiger partial charge on any atom is 0.161 e. The van der Waals surface area contributed by atoms with E-state index in [4.69, 9.17) is 4.74 Å². The molecule has 1 aliphatic rings. The van der Waals surface area contributed by atoms with E-state index in [9.17, 15) is 9.18 Å². The topological polar surface area (TPSA) is 34.5 Å². The Kier molecular flexibility index (Phi) is 6.18. The van der Waals surface area contributed by atoms with Gasteiger partial charge in [-0.05, 0) is 69.5 Å². The lowest BCUT2D eigenvalue weighted by atomic mass is 10.1. The Labute approximate surface area is 177 Å². The van der Waals surface area contributed by atoms with Crippen molar-refractivity contribution in [1.29, 1.82) is 0 Å². The van der Waals surface area contributed by atoms with Crippen LogP contribution in [0.5, 0.6) is 5.75 Å². The molecule has 4 rings (SSSR count). The van der Waals surface area contributed by atoms with Crippen LogP contribution >= 0.6 is 0 Å². The van der Waals surface area contributed by atoms with Crippen LogP contribution in [0.25, 0.3) is 10.9 Å².